The van der Waals surface area contributed by atoms with Gasteiger partial charge in [-0.1, -0.05) is 29.4 Å². The Morgan fingerprint density at radius 1 is 1.29 bits per heavy atom. The van der Waals surface area contributed by atoms with E-state index in [4.69, 9.17) is 4.52 Å². The molecule has 17 heavy (non-hydrogen) atoms. The first kappa shape index (κ1) is 10.3. The first-order chi connectivity index (χ1) is 8.36. The van der Waals surface area contributed by atoms with Crippen LogP contribution in [0.3, 0.4) is 0 Å². The predicted octanol–water partition coefficient (Wildman–Crippen LogP) is 2.38. The zero-order valence-electron chi connectivity index (χ0n) is 9.81. The Morgan fingerprint density at radius 2 is 2.12 bits per heavy atom. The van der Waals surface area contributed by atoms with E-state index in [9.17, 15) is 0 Å². The zero-order chi connectivity index (χ0) is 11.7. The van der Waals surface area contributed by atoms with E-state index in [0.717, 1.165) is 25.1 Å². The number of benzene rings is 1. The summed E-state index contributed by atoms with van der Waals surface area (Å²) in [5.74, 6) is 1.21. The Bertz CT molecular complexity index is 521. The van der Waals surface area contributed by atoms with Gasteiger partial charge in [0, 0.05) is 13.0 Å². The average Bonchev–Trinajstić information content (AvgIpc) is 2.87. The highest BCUT2D eigenvalue weighted by molar-refractivity contribution is 5.32. The van der Waals surface area contributed by atoms with Gasteiger partial charge in [0.15, 0.2) is 5.82 Å². The summed E-state index contributed by atoms with van der Waals surface area (Å²) in [5, 5.41) is 6.90. The fourth-order valence-corrected chi connectivity index (χ4v) is 2.42. The second-order valence-electron chi connectivity index (χ2n) is 4.42. The molecule has 0 saturated carbocycles. The molecule has 0 amide bonds. The van der Waals surface area contributed by atoms with Gasteiger partial charge in [-0.05, 0) is 30.4 Å². The lowest BCUT2D eigenvalue weighted by molar-refractivity contribution is 0.411. The molecule has 88 valence electrons. The molecule has 1 aromatic carbocycles. The maximum absolute atomic E-state index is 5.08. The average molecular weight is 229 g/mol. The summed E-state index contributed by atoms with van der Waals surface area (Å²) in [7, 11) is 1.79. The van der Waals surface area contributed by atoms with E-state index in [1.54, 1.807) is 7.05 Å². The lowest BCUT2D eigenvalue weighted by Crippen LogP contribution is -2.13. The van der Waals surface area contributed by atoms with Crippen molar-refractivity contribution < 1.29 is 4.52 Å². The Balaban J connectivity index is 1.84. The molecule has 1 atom stereocenters. The van der Waals surface area contributed by atoms with Gasteiger partial charge < -0.3 is 9.84 Å². The molecule has 1 aromatic heterocycles. The van der Waals surface area contributed by atoms with Crippen molar-refractivity contribution >= 4 is 6.01 Å². The van der Waals surface area contributed by atoms with Crippen LogP contribution < -0.4 is 5.32 Å². The monoisotopic (exact) mass is 229 g/mol. The Labute approximate surface area is 100 Å². The van der Waals surface area contributed by atoms with Crippen LogP contribution >= 0.6 is 0 Å². The number of hydrogen-bond donors (Lipinski definition) is 1. The van der Waals surface area contributed by atoms with Crippen LogP contribution in [0.5, 0.6) is 0 Å². The van der Waals surface area contributed by atoms with Crippen LogP contribution in [0.4, 0.5) is 6.01 Å². The van der Waals surface area contributed by atoms with Crippen molar-refractivity contribution in [3.8, 4) is 0 Å². The minimum absolute atomic E-state index is 0.385. The summed E-state index contributed by atoms with van der Waals surface area (Å²) >= 11 is 0. The highest BCUT2D eigenvalue weighted by Crippen LogP contribution is 2.31. The van der Waals surface area contributed by atoms with Gasteiger partial charge in [-0.2, -0.15) is 4.98 Å². The minimum atomic E-state index is 0.385. The highest BCUT2D eigenvalue weighted by atomic mass is 16.5. The molecule has 4 nitrogen and oxygen atoms in total. The van der Waals surface area contributed by atoms with E-state index in [0.29, 0.717) is 11.9 Å². The van der Waals surface area contributed by atoms with Gasteiger partial charge in [0.25, 0.3) is 0 Å². The van der Waals surface area contributed by atoms with E-state index in [1.165, 1.54) is 11.1 Å². The van der Waals surface area contributed by atoms with E-state index in [-0.39, 0.29) is 0 Å². The van der Waals surface area contributed by atoms with Gasteiger partial charge in [-0.3, -0.25) is 0 Å². The van der Waals surface area contributed by atoms with Crippen LogP contribution in [0.2, 0.25) is 0 Å². The standard InChI is InChI=1S/C13H15N3O/c1-14-13-15-12(16-17-13)11-7-6-9-4-2-3-5-10(9)8-11/h2-5,11H,6-8H2,1H3,(H,14,15,16). The molecule has 1 heterocycles. The molecule has 0 aliphatic heterocycles. The molecule has 4 heteroatoms. The SMILES string of the molecule is CNc1nc(C2CCc3ccccc3C2)no1. The van der Waals surface area contributed by atoms with Gasteiger partial charge in [-0.15, -0.1) is 0 Å². The maximum Gasteiger partial charge on any atom is 0.321 e. The summed E-state index contributed by atoms with van der Waals surface area (Å²) in [6.45, 7) is 0. The first-order valence-electron chi connectivity index (χ1n) is 5.95. The molecular weight excluding hydrogens is 214 g/mol. The molecule has 1 aliphatic rings. The van der Waals surface area contributed by atoms with Gasteiger partial charge in [-0.25, -0.2) is 0 Å². The maximum atomic E-state index is 5.08. The second-order valence-corrected chi connectivity index (χ2v) is 4.42. The third-order valence-electron chi connectivity index (χ3n) is 3.37. The molecule has 0 fully saturated rings. The van der Waals surface area contributed by atoms with Crippen LogP contribution in [0.15, 0.2) is 28.8 Å². The fraction of sp³-hybridized carbons (Fsp3) is 0.385. The Kier molecular flexibility index (Phi) is 2.55. The lowest BCUT2D eigenvalue weighted by Gasteiger charge is -2.21. The molecule has 0 bridgehead atoms. The molecule has 1 N–H and O–H groups in total. The minimum Gasteiger partial charge on any atom is -0.341 e. The molecule has 2 aromatic rings. The van der Waals surface area contributed by atoms with Crippen molar-refractivity contribution in [2.24, 2.45) is 0 Å². The number of rotatable bonds is 2. The van der Waals surface area contributed by atoms with Crippen molar-refractivity contribution in [1.82, 2.24) is 10.1 Å². The van der Waals surface area contributed by atoms with Gasteiger partial charge in [0.05, 0.1) is 0 Å². The second kappa shape index (κ2) is 4.20. The molecule has 1 aliphatic carbocycles. The Morgan fingerprint density at radius 3 is 2.88 bits per heavy atom. The smallest absolute Gasteiger partial charge is 0.321 e. The molecular formula is C13H15N3O. The first-order valence-corrected chi connectivity index (χ1v) is 5.95. The molecule has 0 spiro atoms. The number of nitrogens with zero attached hydrogens (tertiary/aromatic N) is 2. The van der Waals surface area contributed by atoms with E-state index in [2.05, 4.69) is 39.7 Å². The van der Waals surface area contributed by atoms with Crippen molar-refractivity contribution in [3.05, 3.63) is 41.2 Å². The van der Waals surface area contributed by atoms with Crippen molar-refractivity contribution in [2.75, 3.05) is 12.4 Å². The number of aromatic nitrogens is 2. The van der Waals surface area contributed by atoms with Crippen molar-refractivity contribution in [2.45, 2.75) is 25.2 Å². The van der Waals surface area contributed by atoms with Crippen LogP contribution in [0, 0.1) is 0 Å². The third kappa shape index (κ3) is 1.90. The van der Waals surface area contributed by atoms with Gasteiger partial charge >= 0.3 is 6.01 Å². The quantitative estimate of drug-likeness (QED) is 0.859. The topological polar surface area (TPSA) is 51.0 Å². The van der Waals surface area contributed by atoms with Crippen LogP contribution in [-0.4, -0.2) is 17.2 Å². The number of hydrogen-bond acceptors (Lipinski definition) is 4. The van der Waals surface area contributed by atoms with Crippen molar-refractivity contribution in [3.63, 3.8) is 0 Å². The largest absolute Gasteiger partial charge is 0.341 e. The number of anilines is 1. The molecule has 3 rings (SSSR count). The van der Waals surface area contributed by atoms with Crippen LogP contribution in [-0.2, 0) is 12.8 Å². The number of fused-ring (bicyclic) bond motifs is 1. The van der Waals surface area contributed by atoms with Crippen molar-refractivity contribution in [1.29, 1.82) is 0 Å². The lowest BCUT2D eigenvalue weighted by atomic mass is 9.83. The molecule has 0 saturated heterocycles. The summed E-state index contributed by atoms with van der Waals surface area (Å²) in [4.78, 5) is 4.34. The van der Waals surface area contributed by atoms with Gasteiger partial charge in [0.2, 0.25) is 0 Å². The van der Waals surface area contributed by atoms with E-state index >= 15 is 0 Å². The number of aryl methyl sites for hydroxylation is 1. The molecule has 0 radical (unpaired) electrons. The summed E-state index contributed by atoms with van der Waals surface area (Å²) < 4.78 is 5.08. The van der Waals surface area contributed by atoms with Crippen LogP contribution in [0.25, 0.3) is 0 Å². The summed E-state index contributed by atoms with van der Waals surface area (Å²) in [6, 6.07) is 9.10. The summed E-state index contributed by atoms with van der Waals surface area (Å²) in [6.07, 6.45) is 3.21. The fourth-order valence-electron chi connectivity index (χ4n) is 2.42. The Hall–Kier alpha value is -1.84. The summed E-state index contributed by atoms with van der Waals surface area (Å²) in [5.41, 5.74) is 2.88. The van der Waals surface area contributed by atoms with Crippen LogP contribution in [0.1, 0.15) is 29.3 Å². The zero-order valence-corrected chi connectivity index (χ0v) is 9.81. The predicted molar refractivity (Wildman–Crippen MR) is 65.1 cm³/mol. The van der Waals surface area contributed by atoms with Gasteiger partial charge in [0.1, 0.15) is 0 Å². The molecule has 1 unspecified atom stereocenters. The normalized spacial score (nSPS) is 18.8. The number of nitrogens with one attached hydrogen (secondary N) is 1. The third-order valence-corrected chi connectivity index (χ3v) is 3.37. The highest BCUT2D eigenvalue weighted by Gasteiger charge is 2.23. The van der Waals surface area contributed by atoms with E-state index in [1.807, 2.05) is 0 Å². The van der Waals surface area contributed by atoms with E-state index < -0.39 is 0 Å².